The van der Waals surface area contributed by atoms with Gasteiger partial charge >= 0.3 is 0 Å². The van der Waals surface area contributed by atoms with E-state index < -0.39 is 51.4 Å². The summed E-state index contributed by atoms with van der Waals surface area (Å²) >= 11 is 0. The van der Waals surface area contributed by atoms with Crippen LogP contribution in [-0.2, 0) is 22.2 Å². The van der Waals surface area contributed by atoms with Gasteiger partial charge in [0.2, 0.25) is 5.92 Å². The van der Waals surface area contributed by atoms with Crippen LogP contribution in [0.5, 0.6) is 0 Å². The van der Waals surface area contributed by atoms with Crippen LogP contribution in [0.25, 0.3) is 0 Å². The minimum atomic E-state index is -3.32. The Morgan fingerprint density at radius 2 is 2.00 bits per heavy atom. The van der Waals surface area contributed by atoms with Crippen LogP contribution in [0.1, 0.15) is 48.4 Å². The van der Waals surface area contributed by atoms with Gasteiger partial charge in [0.05, 0.1) is 9.73 Å². The Morgan fingerprint density at radius 3 is 2.53 bits per heavy atom. The van der Waals surface area contributed by atoms with Crippen molar-refractivity contribution in [3.05, 3.63) is 35.3 Å². The number of anilines is 1. The highest BCUT2D eigenvalue weighted by Crippen LogP contribution is 2.52. The molecular weight excluding hydrogens is 450 g/mol. The lowest BCUT2D eigenvalue weighted by molar-refractivity contribution is -0.160. The number of alkyl halides is 4. The highest BCUT2D eigenvalue weighted by atomic mass is 32.2. The van der Waals surface area contributed by atoms with Crippen LogP contribution in [0, 0.1) is 12.3 Å². The second-order valence-corrected chi connectivity index (χ2v) is 11.1. The molecule has 1 aliphatic rings. The summed E-state index contributed by atoms with van der Waals surface area (Å²) in [6.07, 6.45) is 1.89. The number of hydrogen-bond donors (Lipinski definition) is 1. The molecule has 2 aromatic heterocycles. The van der Waals surface area contributed by atoms with Crippen LogP contribution >= 0.6 is 0 Å². The topological polar surface area (TPSA) is 89.2 Å². The van der Waals surface area contributed by atoms with E-state index in [1.54, 1.807) is 6.92 Å². The lowest BCUT2D eigenvalue weighted by atomic mass is 9.67. The molecule has 1 fully saturated rings. The van der Waals surface area contributed by atoms with Crippen molar-refractivity contribution < 1.29 is 26.6 Å². The van der Waals surface area contributed by atoms with E-state index in [1.807, 2.05) is 0 Å². The predicted octanol–water partition coefficient (Wildman–Crippen LogP) is 4.47. The minimum absolute atomic E-state index is 0.0400. The Balaban J connectivity index is 1.98. The Labute approximate surface area is 183 Å². The van der Waals surface area contributed by atoms with Crippen molar-refractivity contribution in [2.24, 2.45) is 9.78 Å². The summed E-state index contributed by atoms with van der Waals surface area (Å²) in [4.78, 5) is 17.1. The number of carbonyl (C=O) groups is 1. The summed E-state index contributed by atoms with van der Waals surface area (Å²) in [7, 11) is -1.38. The molecule has 0 radical (unpaired) electrons. The monoisotopic (exact) mass is 475 g/mol. The fraction of sp³-hybridized carbons (Fsp3) is 0.550. The van der Waals surface area contributed by atoms with Crippen molar-refractivity contribution in [2.45, 2.75) is 57.0 Å². The molecule has 12 heteroatoms. The molecule has 7 nitrogen and oxygen atoms in total. The van der Waals surface area contributed by atoms with Gasteiger partial charge in [-0.2, -0.15) is 13.9 Å². The van der Waals surface area contributed by atoms with Gasteiger partial charge in [0.25, 0.3) is 11.8 Å². The van der Waals surface area contributed by atoms with Crippen molar-refractivity contribution in [2.75, 3.05) is 18.6 Å². The van der Waals surface area contributed by atoms with Crippen molar-refractivity contribution >= 4 is 21.3 Å². The third-order valence-electron chi connectivity index (χ3n) is 5.45. The number of hydrogen-bond acceptors (Lipinski definition) is 5. The van der Waals surface area contributed by atoms with Gasteiger partial charge in [-0.05, 0) is 24.5 Å². The number of nitrogens with one attached hydrogen (secondary N) is 1. The molecule has 1 amide bonds. The second-order valence-electron chi connectivity index (χ2n) is 8.71. The van der Waals surface area contributed by atoms with Gasteiger partial charge < -0.3 is 5.32 Å². The van der Waals surface area contributed by atoms with Crippen LogP contribution in [0.15, 0.2) is 27.7 Å². The molecule has 1 atom stereocenters. The predicted molar refractivity (Wildman–Crippen MR) is 112 cm³/mol. The second kappa shape index (κ2) is 7.82. The van der Waals surface area contributed by atoms with E-state index in [2.05, 4.69) is 19.8 Å². The summed E-state index contributed by atoms with van der Waals surface area (Å²) in [6.45, 7) is 3.50. The first-order valence-corrected chi connectivity index (χ1v) is 11.7. The maximum atomic E-state index is 14.1. The number of aromatic nitrogens is 3. The Morgan fingerprint density at radius 1 is 1.38 bits per heavy atom. The van der Waals surface area contributed by atoms with E-state index in [-0.39, 0.29) is 28.5 Å². The molecule has 2 heterocycles. The number of halogens is 4. The maximum Gasteiger partial charge on any atom is 0.289 e. The molecule has 0 bridgehead atoms. The molecule has 32 heavy (non-hydrogen) atoms. The van der Waals surface area contributed by atoms with Gasteiger partial charge in [-0.15, -0.1) is 0 Å². The van der Waals surface area contributed by atoms with Gasteiger partial charge in [-0.1, -0.05) is 6.92 Å². The molecule has 0 saturated heterocycles. The van der Waals surface area contributed by atoms with E-state index >= 15 is 0 Å². The minimum Gasteiger partial charge on any atom is -0.321 e. The first-order chi connectivity index (χ1) is 14.6. The first-order valence-electron chi connectivity index (χ1n) is 9.78. The summed E-state index contributed by atoms with van der Waals surface area (Å²) in [5, 5.41) is 6.64. The number of carbonyl (C=O) groups excluding carboxylic acids is 1. The summed E-state index contributed by atoms with van der Waals surface area (Å²) in [5.74, 6) is -6.88. The number of amides is 1. The first kappa shape index (κ1) is 24.1. The molecule has 0 aromatic carbocycles. The average molecular weight is 476 g/mol. The molecule has 2 aromatic rings. The van der Waals surface area contributed by atoms with E-state index in [1.165, 1.54) is 38.6 Å². The average Bonchev–Trinajstić information content (AvgIpc) is 2.96. The standard InChI is InChI=1S/C20H25F4N5O2S/c1-12-15(17(30)27-13-6-7-26-14(8-13)32(5,31)25-4)29(28-16(12)19(3,21)22)11-18(2)9-20(23,24)10-18/h6-8H,9-11H2,1-5H3,(H,26,27,30)/t32-/m0/s1. The van der Waals surface area contributed by atoms with Crippen LogP contribution in [0.2, 0.25) is 0 Å². The van der Waals surface area contributed by atoms with Gasteiger partial charge in [0, 0.05) is 57.1 Å². The highest BCUT2D eigenvalue weighted by molar-refractivity contribution is 7.92. The molecule has 176 valence electrons. The van der Waals surface area contributed by atoms with Gasteiger partial charge in [0.15, 0.2) is 0 Å². The van der Waals surface area contributed by atoms with Gasteiger partial charge in [-0.25, -0.2) is 22.3 Å². The van der Waals surface area contributed by atoms with Crippen molar-refractivity contribution in [1.82, 2.24) is 14.8 Å². The normalized spacial score (nSPS) is 19.0. The van der Waals surface area contributed by atoms with Crippen molar-refractivity contribution in [3.63, 3.8) is 0 Å². The molecule has 1 N–H and O–H groups in total. The van der Waals surface area contributed by atoms with E-state index in [0.29, 0.717) is 6.92 Å². The number of pyridine rings is 1. The SMILES string of the molecule is CN=[S@@](C)(=O)c1cc(NC(=O)c2c(C)c(C(C)(F)F)nn2CC2(C)CC(F)(F)C2)ccn1. The quantitative estimate of drug-likeness (QED) is 0.625. The third-order valence-corrected chi connectivity index (χ3v) is 7.15. The summed E-state index contributed by atoms with van der Waals surface area (Å²) < 4.78 is 72.4. The molecular formula is C20H25F4N5O2S. The summed E-state index contributed by atoms with van der Waals surface area (Å²) in [6, 6.07) is 2.83. The zero-order chi connectivity index (χ0) is 24.1. The Hall–Kier alpha value is -2.50. The molecule has 0 unspecified atom stereocenters. The maximum absolute atomic E-state index is 14.1. The molecule has 1 saturated carbocycles. The third kappa shape index (κ3) is 4.79. The van der Waals surface area contributed by atoms with E-state index in [4.69, 9.17) is 0 Å². The Kier molecular flexibility index (Phi) is 5.90. The zero-order valence-corrected chi connectivity index (χ0v) is 19.2. The fourth-order valence-corrected chi connectivity index (χ4v) is 4.81. The smallest absolute Gasteiger partial charge is 0.289 e. The van der Waals surface area contributed by atoms with Crippen molar-refractivity contribution in [3.8, 4) is 0 Å². The van der Waals surface area contributed by atoms with Gasteiger partial charge in [0.1, 0.15) is 16.4 Å². The van der Waals surface area contributed by atoms with Gasteiger partial charge in [-0.3, -0.25) is 9.48 Å². The molecule has 0 spiro atoms. The number of nitrogens with zero attached hydrogens (tertiary/aromatic N) is 4. The summed E-state index contributed by atoms with van der Waals surface area (Å²) in [5.41, 5.74) is -1.42. The lowest BCUT2D eigenvalue weighted by Crippen LogP contribution is -2.47. The molecule has 0 aliphatic heterocycles. The van der Waals surface area contributed by atoms with Crippen LogP contribution in [-0.4, -0.2) is 44.1 Å². The Bertz CT molecular complexity index is 1170. The zero-order valence-electron chi connectivity index (χ0n) is 18.4. The van der Waals surface area contributed by atoms with Crippen LogP contribution < -0.4 is 5.32 Å². The largest absolute Gasteiger partial charge is 0.321 e. The number of rotatable bonds is 6. The van der Waals surface area contributed by atoms with Crippen LogP contribution in [0.4, 0.5) is 23.2 Å². The molecule has 3 rings (SSSR count). The van der Waals surface area contributed by atoms with Crippen LogP contribution in [0.3, 0.4) is 0 Å². The van der Waals surface area contributed by atoms with Crippen molar-refractivity contribution in [1.29, 1.82) is 0 Å². The fourth-order valence-electron chi connectivity index (χ4n) is 4.02. The van der Waals surface area contributed by atoms with E-state index in [9.17, 15) is 26.6 Å². The highest BCUT2D eigenvalue weighted by Gasteiger charge is 2.54. The lowest BCUT2D eigenvalue weighted by Gasteiger charge is -2.44. The van der Waals surface area contributed by atoms with E-state index in [0.717, 1.165) is 4.68 Å². The molecule has 1 aliphatic carbocycles.